The number of nitrogens with one attached hydrogen (secondary N) is 1. The molecule has 0 radical (unpaired) electrons. The van der Waals surface area contributed by atoms with Crippen LogP contribution in [-0.2, 0) is 9.53 Å². The number of amides is 3. The predicted octanol–water partition coefficient (Wildman–Crippen LogP) is 2.48. The molecule has 4 N–H and O–H groups in total. The van der Waals surface area contributed by atoms with E-state index in [-0.39, 0.29) is 36.0 Å². The molecule has 2 atom stereocenters. The van der Waals surface area contributed by atoms with Crippen molar-refractivity contribution in [3.63, 3.8) is 0 Å². The lowest BCUT2D eigenvalue weighted by Gasteiger charge is -2.38. The van der Waals surface area contributed by atoms with Crippen molar-refractivity contribution in [2.24, 2.45) is 5.73 Å². The second kappa shape index (κ2) is 11.2. The average Bonchev–Trinajstić information content (AvgIpc) is 3.24. The number of nitrogens with zero attached hydrogens (tertiary/aromatic N) is 3. The minimum absolute atomic E-state index is 0.0506. The summed E-state index contributed by atoms with van der Waals surface area (Å²) in [6.07, 6.45) is -0.776. The van der Waals surface area contributed by atoms with Crippen LogP contribution in [0.15, 0.2) is 22.6 Å². The first-order chi connectivity index (χ1) is 17.7. The molecule has 1 fully saturated rings. The maximum Gasteiger partial charge on any atom is 0.408 e. The summed E-state index contributed by atoms with van der Waals surface area (Å²) in [5.41, 5.74) is 4.70. The first kappa shape index (κ1) is 28.6. The van der Waals surface area contributed by atoms with Crippen molar-refractivity contribution in [2.75, 3.05) is 26.7 Å². The Kier molecular flexibility index (Phi) is 8.44. The van der Waals surface area contributed by atoms with Gasteiger partial charge in [-0.15, -0.1) is 0 Å². The second-order valence-electron chi connectivity index (χ2n) is 9.84. The number of phenolic OH excluding ortho intramolecular Hbond substituents is 1. The molecule has 0 saturated carbocycles. The molecule has 14 heteroatoms. The standard InChI is InChI=1S/C24H31F2N5O7/c1-12(28-23(35)38-24(2,3)4)18-17(21(34)31-9-8-30(5)11-14(31)19(27)33)29-20(37-18)13-6-7-16(15(32)10-13)36-22(25)26/h6-7,10,12,14,22,32H,8-9,11H2,1-5H3,(H2,27,33)(H,28,35)/t12-,14?/m0/s1. The number of nitrogens with two attached hydrogens (primary N) is 1. The summed E-state index contributed by atoms with van der Waals surface area (Å²) in [5, 5.41) is 12.7. The topological polar surface area (TPSA) is 160 Å². The number of likely N-dealkylation sites (N-methyl/N-ethyl adjacent to an activating group) is 1. The van der Waals surface area contributed by atoms with Crippen LogP contribution in [0.5, 0.6) is 11.5 Å². The zero-order chi connectivity index (χ0) is 28.4. The Hall–Kier alpha value is -3.94. The van der Waals surface area contributed by atoms with E-state index < -0.39 is 53.7 Å². The third-order valence-electron chi connectivity index (χ3n) is 5.58. The molecule has 0 bridgehead atoms. The third kappa shape index (κ3) is 6.88. The van der Waals surface area contributed by atoms with Gasteiger partial charge < -0.3 is 39.8 Å². The van der Waals surface area contributed by atoms with E-state index in [1.165, 1.54) is 17.9 Å². The van der Waals surface area contributed by atoms with Gasteiger partial charge in [-0.1, -0.05) is 0 Å². The van der Waals surface area contributed by atoms with E-state index in [9.17, 15) is 28.3 Å². The number of phenols is 1. The Morgan fingerprint density at radius 2 is 1.95 bits per heavy atom. The number of alkyl carbamates (subject to hydrolysis) is 1. The number of piperazine rings is 1. The first-order valence-corrected chi connectivity index (χ1v) is 11.7. The zero-order valence-corrected chi connectivity index (χ0v) is 21.7. The molecular formula is C24H31F2N5O7. The molecule has 3 amide bonds. The largest absolute Gasteiger partial charge is 0.504 e. The molecule has 1 aliphatic heterocycles. The normalized spacial score (nSPS) is 17.3. The number of ether oxygens (including phenoxy) is 2. The van der Waals surface area contributed by atoms with Gasteiger partial charge in [-0.3, -0.25) is 9.59 Å². The Morgan fingerprint density at radius 1 is 1.26 bits per heavy atom. The quantitative estimate of drug-likeness (QED) is 0.480. The Labute approximate surface area is 217 Å². The van der Waals surface area contributed by atoms with Crippen molar-refractivity contribution in [3.8, 4) is 23.0 Å². The highest BCUT2D eigenvalue weighted by Crippen LogP contribution is 2.34. The molecule has 1 unspecified atom stereocenters. The summed E-state index contributed by atoms with van der Waals surface area (Å²) in [7, 11) is 1.79. The highest BCUT2D eigenvalue weighted by molar-refractivity contribution is 5.97. The van der Waals surface area contributed by atoms with Gasteiger partial charge in [0.05, 0.1) is 6.04 Å². The average molecular weight is 540 g/mol. The Morgan fingerprint density at radius 3 is 2.53 bits per heavy atom. The number of aromatic nitrogens is 1. The van der Waals surface area contributed by atoms with Crippen LogP contribution in [-0.4, -0.2) is 82.7 Å². The van der Waals surface area contributed by atoms with Crippen molar-refractivity contribution >= 4 is 17.9 Å². The maximum absolute atomic E-state index is 13.6. The lowest BCUT2D eigenvalue weighted by atomic mass is 10.1. The van der Waals surface area contributed by atoms with Crippen molar-refractivity contribution in [3.05, 3.63) is 29.7 Å². The van der Waals surface area contributed by atoms with Gasteiger partial charge in [0.15, 0.2) is 23.0 Å². The fourth-order valence-electron chi connectivity index (χ4n) is 3.84. The van der Waals surface area contributed by atoms with E-state index in [1.54, 1.807) is 27.8 Å². The number of rotatable bonds is 7. The zero-order valence-electron chi connectivity index (χ0n) is 21.7. The number of oxazole rings is 1. The molecule has 1 aromatic heterocycles. The van der Waals surface area contributed by atoms with Crippen LogP contribution >= 0.6 is 0 Å². The molecule has 0 aliphatic carbocycles. The number of hydrogen-bond acceptors (Lipinski definition) is 9. The minimum atomic E-state index is -3.15. The molecule has 208 valence electrons. The molecular weight excluding hydrogens is 508 g/mol. The lowest BCUT2D eigenvalue weighted by molar-refractivity contribution is -0.124. The van der Waals surface area contributed by atoms with Gasteiger partial charge >= 0.3 is 12.7 Å². The van der Waals surface area contributed by atoms with Crippen molar-refractivity contribution < 1.29 is 42.2 Å². The van der Waals surface area contributed by atoms with Gasteiger partial charge in [-0.2, -0.15) is 8.78 Å². The summed E-state index contributed by atoms with van der Waals surface area (Å²) < 4.78 is 40.5. The van der Waals surface area contributed by atoms with Gasteiger partial charge in [-0.25, -0.2) is 9.78 Å². The lowest BCUT2D eigenvalue weighted by Crippen LogP contribution is -2.59. The summed E-state index contributed by atoms with van der Waals surface area (Å²) in [4.78, 5) is 45.5. The monoisotopic (exact) mass is 539 g/mol. The van der Waals surface area contributed by atoms with Gasteiger partial charge in [0.2, 0.25) is 11.8 Å². The van der Waals surface area contributed by atoms with E-state index in [0.29, 0.717) is 6.54 Å². The third-order valence-corrected chi connectivity index (χ3v) is 5.58. The Balaban J connectivity index is 2.01. The van der Waals surface area contributed by atoms with Crippen LogP contribution in [0.1, 0.15) is 50.0 Å². The molecule has 1 saturated heterocycles. The van der Waals surface area contributed by atoms with Crippen LogP contribution in [0.2, 0.25) is 0 Å². The molecule has 3 rings (SSSR count). The van der Waals surface area contributed by atoms with E-state index in [4.69, 9.17) is 14.9 Å². The number of carbonyl (C=O) groups excluding carboxylic acids is 3. The van der Waals surface area contributed by atoms with Crippen LogP contribution in [0.25, 0.3) is 11.5 Å². The fraction of sp³-hybridized carbons (Fsp3) is 0.500. The van der Waals surface area contributed by atoms with Crippen molar-refractivity contribution in [1.29, 1.82) is 0 Å². The Bertz CT molecular complexity index is 1200. The van der Waals surface area contributed by atoms with Crippen LogP contribution < -0.4 is 15.8 Å². The second-order valence-corrected chi connectivity index (χ2v) is 9.84. The number of hydrogen-bond donors (Lipinski definition) is 3. The number of benzene rings is 1. The van der Waals surface area contributed by atoms with E-state index in [2.05, 4.69) is 15.0 Å². The van der Waals surface area contributed by atoms with Crippen molar-refractivity contribution in [1.82, 2.24) is 20.1 Å². The molecule has 2 aromatic rings. The summed E-state index contributed by atoms with van der Waals surface area (Å²) >= 11 is 0. The summed E-state index contributed by atoms with van der Waals surface area (Å²) in [5.74, 6) is -2.63. The van der Waals surface area contributed by atoms with E-state index in [1.807, 2.05) is 4.90 Å². The smallest absolute Gasteiger partial charge is 0.408 e. The number of primary amides is 1. The number of halogens is 2. The first-order valence-electron chi connectivity index (χ1n) is 11.7. The molecule has 1 aliphatic rings. The van der Waals surface area contributed by atoms with E-state index >= 15 is 0 Å². The van der Waals surface area contributed by atoms with Crippen LogP contribution in [0.3, 0.4) is 0 Å². The molecule has 1 aromatic carbocycles. The van der Waals surface area contributed by atoms with Crippen LogP contribution in [0.4, 0.5) is 13.6 Å². The van der Waals surface area contributed by atoms with Gasteiger partial charge in [0, 0.05) is 25.2 Å². The highest BCUT2D eigenvalue weighted by Gasteiger charge is 2.37. The molecule has 12 nitrogen and oxygen atoms in total. The fourth-order valence-corrected chi connectivity index (χ4v) is 3.84. The SMILES string of the molecule is C[C@H](NC(=O)OC(C)(C)C)c1oc(-c2ccc(OC(F)F)c(O)c2)nc1C(=O)N1CCN(C)CC1C(N)=O. The molecule has 0 spiro atoms. The predicted molar refractivity (Wildman–Crippen MR) is 130 cm³/mol. The number of carbonyl (C=O) groups is 3. The minimum Gasteiger partial charge on any atom is -0.504 e. The van der Waals surface area contributed by atoms with Gasteiger partial charge in [0.1, 0.15) is 11.6 Å². The van der Waals surface area contributed by atoms with Crippen LogP contribution in [0, 0.1) is 0 Å². The summed E-state index contributed by atoms with van der Waals surface area (Å²) in [6, 6.07) is 1.62. The molecule has 38 heavy (non-hydrogen) atoms. The van der Waals surface area contributed by atoms with Gasteiger partial charge in [-0.05, 0) is 52.9 Å². The van der Waals surface area contributed by atoms with E-state index in [0.717, 1.165) is 12.1 Å². The number of alkyl halides is 2. The summed E-state index contributed by atoms with van der Waals surface area (Å²) in [6.45, 7) is 4.31. The maximum atomic E-state index is 13.6. The molecule has 2 heterocycles. The number of aromatic hydroxyl groups is 1. The van der Waals surface area contributed by atoms with Gasteiger partial charge in [0.25, 0.3) is 5.91 Å². The van der Waals surface area contributed by atoms with Crippen molar-refractivity contribution in [2.45, 2.75) is 52.0 Å². The highest BCUT2D eigenvalue weighted by atomic mass is 19.3.